The number of morpholine rings is 1. The summed E-state index contributed by atoms with van der Waals surface area (Å²) in [6.45, 7) is 2.91. The van der Waals surface area contributed by atoms with Crippen molar-refractivity contribution in [3.05, 3.63) is 77.1 Å². The number of aromatic nitrogens is 4. The maximum Gasteiger partial charge on any atom is 0.335 e. The Bertz CT molecular complexity index is 1530. The molecule has 4 heterocycles. The Hall–Kier alpha value is -4.08. The Kier molecular flexibility index (Phi) is 5.48. The van der Waals surface area contributed by atoms with Crippen molar-refractivity contribution in [2.24, 2.45) is 0 Å². The molecule has 2 aromatic carbocycles. The molecule has 3 aromatic heterocycles. The van der Waals surface area contributed by atoms with Crippen LogP contribution in [0.2, 0.25) is 0 Å². The number of para-hydroxylation sites is 1. The molecular formula is C26H21N5O3S. The van der Waals surface area contributed by atoms with E-state index in [1.165, 1.54) is 0 Å². The van der Waals surface area contributed by atoms with Crippen molar-refractivity contribution in [1.29, 1.82) is 0 Å². The van der Waals surface area contributed by atoms with Crippen LogP contribution in [0.15, 0.2) is 60.8 Å². The van der Waals surface area contributed by atoms with Crippen molar-refractivity contribution in [3.8, 4) is 11.3 Å². The molecule has 0 aliphatic carbocycles. The molecule has 35 heavy (non-hydrogen) atoms. The fraction of sp³-hybridized carbons (Fsp3) is 0.154. The van der Waals surface area contributed by atoms with Crippen LogP contribution in [0.4, 0.5) is 5.69 Å². The minimum absolute atomic E-state index is 0.233. The maximum atomic E-state index is 11.4. The van der Waals surface area contributed by atoms with E-state index in [1.54, 1.807) is 41.8 Å². The summed E-state index contributed by atoms with van der Waals surface area (Å²) in [5.41, 5.74) is 5.30. The number of nitrogens with zero attached hydrogens (tertiary/aromatic N) is 5. The second kappa shape index (κ2) is 8.94. The summed E-state index contributed by atoms with van der Waals surface area (Å²) >= 11 is 1.62. The molecule has 1 aliphatic rings. The Morgan fingerprint density at radius 3 is 2.57 bits per heavy atom. The number of carboxylic acid groups (broad SMARTS) is 1. The maximum absolute atomic E-state index is 11.4. The molecule has 1 aliphatic heterocycles. The van der Waals surface area contributed by atoms with Crippen LogP contribution in [0, 0.1) is 0 Å². The number of aromatic carboxylic acids is 1. The first kappa shape index (κ1) is 21.5. The summed E-state index contributed by atoms with van der Waals surface area (Å²) in [5.74, 6) is -0.960. The minimum Gasteiger partial charge on any atom is -0.478 e. The molecule has 8 nitrogen and oxygen atoms in total. The number of anilines is 1. The lowest BCUT2D eigenvalue weighted by molar-refractivity contribution is 0.0697. The van der Waals surface area contributed by atoms with Crippen molar-refractivity contribution in [3.63, 3.8) is 0 Å². The van der Waals surface area contributed by atoms with E-state index >= 15 is 0 Å². The number of benzene rings is 2. The third-order valence-corrected chi connectivity index (χ3v) is 6.98. The van der Waals surface area contributed by atoms with Gasteiger partial charge in [0.25, 0.3) is 0 Å². The van der Waals surface area contributed by atoms with Gasteiger partial charge in [-0.3, -0.25) is 0 Å². The van der Waals surface area contributed by atoms with Gasteiger partial charge in [-0.2, -0.15) is 5.10 Å². The van der Waals surface area contributed by atoms with Crippen molar-refractivity contribution in [2.75, 3.05) is 31.2 Å². The van der Waals surface area contributed by atoms with Crippen molar-refractivity contribution < 1.29 is 14.6 Å². The third kappa shape index (κ3) is 4.05. The standard InChI is InChI=1S/C26H21N5O3S/c32-26(33)18-7-5-17(6-8-18)24-20(9-10-23-28-19-3-1-2-4-22(19)35-23)29-25-21(11-12-27-31(24)25)30-13-15-34-16-14-30/h1-12H,13-16H2,(H,32,33). The van der Waals surface area contributed by atoms with E-state index in [1.807, 2.05) is 40.9 Å². The highest BCUT2D eigenvalue weighted by molar-refractivity contribution is 7.19. The van der Waals surface area contributed by atoms with Crippen LogP contribution in [-0.2, 0) is 4.74 Å². The molecule has 9 heteroatoms. The summed E-state index contributed by atoms with van der Waals surface area (Å²) in [6.07, 6.45) is 5.70. The monoisotopic (exact) mass is 483 g/mol. The van der Waals surface area contributed by atoms with Crippen LogP contribution >= 0.6 is 11.3 Å². The minimum atomic E-state index is -0.960. The first-order chi connectivity index (χ1) is 17.2. The number of hydrogen-bond acceptors (Lipinski definition) is 7. The fourth-order valence-corrected chi connectivity index (χ4v) is 5.14. The molecule has 6 rings (SSSR count). The Labute approximate surface area is 204 Å². The number of ether oxygens (including phenoxy) is 1. The van der Waals surface area contributed by atoms with Gasteiger partial charge in [0.15, 0.2) is 5.65 Å². The van der Waals surface area contributed by atoms with Gasteiger partial charge in [0, 0.05) is 18.7 Å². The largest absolute Gasteiger partial charge is 0.478 e. The molecule has 0 unspecified atom stereocenters. The summed E-state index contributed by atoms with van der Waals surface area (Å²) < 4.78 is 8.48. The van der Waals surface area contributed by atoms with E-state index in [-0.39, 0.29) is 5.56 Å². The highest BCUT2D eigenvalue weighted by Gasteiger charge is 2.20. The lowest BCUT2D eigenvalue weighted by Crippen LogP contribution is -2.36. The molecule has 1 N–H and O–H groups in total. The first-order valence-corrected chi connectivity index (χ1v) is 12.1. The van der Waals surface area contributed by atoms with Crippen LogP contribution in [0.3, 0.4) is 0 Å². The van der Waals surface area contributed by atoms with E-state index in [0.29, 0.717) is 13.2 Å². The molecule has 1 fully saturated rings. The molecule has 0 atom stereocenters. The average molecular weight is 484 g/mol. The summed E-state index contributed by atoms with van der Waals surface area (Å²) in [5, 5.41) is 14.8. The van der Waals surface area contributed by atoms with E-state index < -0.39 is 5.97 Å². The predicted molar refractivity (Wildman–Crippen MR) is 137 cm³/mol. The van der Waals surface area contributed by atoms with Gasteiger partial charge in [0.05, 0.1) is 46.6 Å². The van der Waals surface area contributed by atoms with Crippen LogP contribution < -0.4 is 4.90 Å². The van der Waals surface area contributed by atoms with Crippen LogP contribution in [-0.4, -0.2) is 57.0 Å². The van der Waals surface area contributed by atoms with Crippen LogP contribution in [0.1, 0.15) is 21.1 Å². The van der Waals surface area contributed by atoms with Gasteiger partial charge in [0.2, 0.25) is 0 Å². The van der Waals surface area contributed by atoms with Gasteiger partial charge < -0.3 is 14.7 Å². The fourth-order valence-electron chi connectivity index (χ4n) is 4.27. The van der Waals surface area contributed by atoms with E-state index in [0.717, 1.165) is 56.6 Å². The summed E-state index contributed by atoms with van der Waals surface area (Å²) in [4.78, 5) is 23.3. The number of thiazole rings is 1. The van der Waals surface area contributed by atoms with E-state index in [9.17, 15) is 9.90 Å². The normalized spacial score (nSPS) is 14.3. The highest BCUT2D eigenvalue weighted by Crippen LogP contribution is 2.31. The highest BCUT2D eigenvalue weighted by atomic mass is 32.1. The number of carboxylic acids is 1. The van der Waals surface area contributed by atoms with Crippen molar-refractivity contribution >= 4 is 51.0 Å². The predicted octanol–water partition coefficient (Wildman–Crippen LogP) is 4.71. The Balaban J connectivity index is 1.49. The average Bonchev–Trinajstić information content (AvgIpc) is 3.49. The molecule has 5 aromatic rings. The summed E-state index contributed by atoms with van der Waals surface area (Å²) in [7, 11) is 0. The SMILES string of the molecule is O=C(O)c1ccc(-c2c(C=Cc3nc4ccccc4s3)nc3c(N4CCOCC4)ccnn23)cc1. The van der Waals surface area contributed by atoms with E-state index in [2.05, 4.69) is 16.1 Å². The topological polar surface area (TPSA) is 92.8 Å². The molecule has 1 saturated heterocycles. The lowest BCUT2D eigenvalue weighted by Gasteiger charge is -2.28. The van der Waals surface area contributed by atoms with Crippen LogP contribution in [0.25, 0.3) is 39.3 Å². The number of fused-ring (bicyclic) bond motifs is 2. The zero-order valence-electron chi connectivity index (χ0n) is 18.7. The lowest BCUT2D eigenvalue weighted by atomic mass is 10.1. The van der Waals surface area contributed by atoms with Gasteiger partial charge in [-0.25, -0.2) is 19.3 Å². The molecular weight excluding hydrogens is 462 g/mol. The van der Waals surface area contributed by atoms with Gasteiger partial charge in [0.1, 0.15) is 10.7 Å². The zero-order chi connectivity index (χ0) is 23.8. The third-order valence-electron chi connectivity index (χ3n) is 5.98. The molecule has 0 amide bonds. The second-order valence-electron chi connectivity index (χ2n) is 8.13. The van der Waals surface area contributed by atoms with Gasteiger partial charge in [-0.05, 0) is 42.5 Å². The number of carbonyl (C=O) groups is 1. The second-order valence-corrected chi connectivity index (χ2v) is 9.19. The number of rotatable bonds is 5. The molecule has 174 valence electrons. The van der Waals surface area contributed by atoms with Gasteiger partial charge in [-0.1, -0.05) is 24.3 Å². The smallest absolute Gasteiger partial charge is 0.335 e. The van der Waals surface area contributed by atoms with Crippen molar-refractivity contribution in [2.45, 2.75) is 0 Å². The molecule has 0 bridgehead atoms. The van der Waals surface area contributed by atoms with Gasteiger partial charge in [-0.15, -0.1) is 11.3 Å². The Morgan fingerprint density at radius 1 is 1.00 bits per heavy atom. The van der Waals surface area contributed by atoms with Crippen LogP contribution in [0.5, 0.6) is 0 Å². The number of hydrogen-bond donors (Lipinski definition) is 1. The zero-order valence-corrected chi connectivity index (χ0v) is 19.5. The quantitative estimate of drug-likeness (QED) is 0.387. The Morgan fingerprint density at radius 2 is 1.80 bits per heavy atom. The van der Waals surface area contributed by atoms with E-state index in [4.69, 9.17) is 14.7 Å². The van der Waals surface area contributed by atoms with Crippen molar-refractivity contribution in [1.82, 2.24) is 19.6 Å². The first-order valence-electron chi connectivity index (χ1n) is 11.3. The molecule has 0 saturated carbocycles. The molecule has 0 radical (unpaired) electrons. The number of imidazole rings is 1. The van der Waals surface area contributed by atoms with Gasteiger partial charge >= 0.3 is 5.97 Å². The molecule has 0 spiro atoms. The summed E-state index contributed by atoms with van der Waals surface area (Å²) in [6, 6.07) is 16.8.